The summed E-state index contributed by atoms with van der Waals surface area (Å²) in [5.41, 5.74) is -0.652. The van der Waals surface area contributed by atoms with Crippen molar-refractivity contribution < 1.29 is 9.90 Å². The predicted octanol–water partition coefficient (Wildman–Crippen LogP) is 4.22. The number of carbonyl (C=O) groups is 1. The SMILES string of the molecule is CC#CCCC(=O)C(O)(CCCCCC)c1ccccc1. The summed E-state index contributed by atoms with van der Waals surface area (Å²) in [6, 6.07) is 9.30. The topological polar surface area (TPSA) is 37.3 Å². The second kappa shape index (κ2) is 9.37. The predicted molar refractivity (Wildman–Crippen MR) is 86.8 cm³/mol. The van der Waals surface area contributed by atoms with Gasteiger partial charge in [-0.3, -0.25) is 4.79 Å². The number of unbranched alkanes of at least 4 members (excludes halogenated alkanes) is 3. The van der Waals surface area contributed by atoms with E-state index in [1.165, 1.54) is 0 Å². The van der Waals surface area contributed by atoms with Crippen LogP contribution in [-0.4, -0.2) is 10.9 Å². The summed E-state index contributed by atoms with van der Waals surface area (Å²) in [7, 11) is 0. The third kappa shape index (κ3) is 5.36. The highest BCUT2D eigenvalue weighted by Crippen LogP contribution is 2.30. The summed E-state index contributed by atoms with van der Waals surface area (Å²) in [6.07, 6.45) is 5.51. The van der Waals surface area contributed by atoms with Gasteiger partial charge in [-0.1, -0.05) is 56.5 Å². The number of ketones is 1. The van der Waals surface area contributed by atoms with Crippen LogP contribution in [0.3, 0.4) is 0 Å². The van der Waals surface area contributed by atoms with Crippen LogP contribution in [0.5, 0.6) is 0 Å². The van der Waals surface area contributed by atoms with Crippen LogP contribution in [-0.2, 0) is 10.4 Å². The molecule has 1 unspecified atom stereocenters. The van der Waals surface area contributed by atoms with Crippen molar-refractivity contribution in [3.63, 3.8) is 0 Å². The van der Waals surface area contributed by atoms with Crippen LogP contribution < -0.4 is 0 Å². The lowest BCUT2D eigenvalue weighted by atomic mass is 9.83. The summed E-state index contributed by atoms with van der Waals surface area (Å²) >= 11 is 0. The molecule has 114 valence electrons. The first-order chi connectivity index (χ1) is 10.1. The molecule has 1 aromatic rings. The second-order valence-corrected chi connectivity index (χ2v) is 5.39. The smallest absolute Gasteiger partial charge is 0.169 e. The maximum Gasteiger partial charge on any atom is 0.169 e. The van der Waals surface area contributed by atoms with Crippen molar-refractivity contribution >= 4 is 5.78 Å². The lowest BCUT2D eigenvalue weighted by Gasteiger charge is -2.27. The second-order valence-electron chi connectivity index (χ2n) is 5.39. The lowest BCUT2D eigenvalue weighted by molar-refractivity contribution is -0.139. The van der Waals surface area contributed by atoms with Crippen molar-refractivity contribution in [2.45, 2.75) is 64.4 Å². The van der Waals surface area contributed by atoms with E-state index in [2.05, 4.69) is 18.8 Å². The Kier molecular flexibility index (Phi) is 7.79. The fourth-order valence-corrected chi connectivity index (χ4v) is 2.47. The van der Waals surface area contributed by atoms with Crippen molar-refractivity contribution in [2.24, 2.45) is 0 Å². The van der Waals surface area contributed by atoms with E-state index in [-0.39, 0.29) is 5.78 Å². The van der Waals surface area contributed by atoms with Gasteiger partial charge in [0.1, 0.15) is 5.60 Å². The Bertz CT molecular complexity index is 481. The minimum atomic E-state index is -1.36. The van der Waals surface area contributed by atoms with Gasteiger partial charge in [0.15, 0.2) is 5.78 Å². The first-order valence-corrected chi connectivity index (χ1v) is 7.86. The molecule has 1 rings (SSSR count). The lowest BCUT2D eigenvalue weighted by Crippen LogP contribution is -2.35. The minimum absolute atomic E-state index is 0.118. The van der Waals surface area contributed by atoms with Gasteiger partial charge in [-0.05, 0) is 25.3 Å². The third-order valence-electron chi connectivity index (χ3n) is 3.76. The summed E-state index contributed by atoms with van der Waals surface area (Å²) in [4.78, 5) is 12.5. The van der Waals surface area contributed by atoms with Gasteiger partial charge in [-0.15, -0.1) is 11.8 Å². The van der Waals surface area contributed by atoms with Crippen molar-refractivity contribution in [1.29, 1.82) is 0 Å². The highest BCUT2D eigenvalue weighted by atomic mass is 16.3. The maximum absolute atomic E-state index is 12.5. The van der Waals surface area contributed by atoms with Gasteiger partial charge in [-0.25, -0.2) is 0 Å². The molecule has 0 spiro atoms. The summed E-state index contributed by atoms with van der Waals surface area (Å²) in [5, 5.41) is 11.0. The Morgan fingerprint density at radius 1 is 1.19 bits per heavy atom. The van der Waals surface area contributed by atoms with Crippen molar-refractivity contribution in [3.8, 4) is 11.8 Å². The zero-order valence-corrected chi connectivity index (χ0v) is 13.2. The van der Waals surface area contributed by atoms with Crippen molar-refractivity contribution in [3.05, 3.63) is 35.9 Å². The Hall–Kier alpha value is -1.59. The molecule has 0 radical (unpaired) electrons. The van der Waals surface area contributed by atoms with Crippen LogP contribution >= 0.6 is 0 Å². The highest BCUT2D eigenvalue weighted by molar-refractivity contribution is 5.88. The zero-order chi connectivity index (χ0) is 15.6. The van der Waals surface area contributed by atoms with E-state index in [1.54, 1.807) is 6.92 Å². The van der Waals surface area contributed by atoms with Crippen LogP contribution in [0.1, 0.15) is 64.4 Å². The van der Waals surface area contributed by atoms with E-state index in [0.29, 0.717) is 24.8 Å². The van der Waals surface area contributed by atoms with Crippen LogP contribution in [0.25, 0.3) is 0 Å². The minimum Gasteiger partial charge on any atom is -0.377 e. The molecule has 0 bridgehead atoms. The highest BCUT2D eigenvalue weighted by Gasteiger charge is 2.35. The van der Waals surface area contributed by atoms with Gasteiger partial charge < -0.3 is 5.11 Å². The molecule has 1 N–H and O–H groups in total. The van der Waals surface area contributed by atoms with Gasteiger partial charge in [0.2, 0.25) is 0 Å². The first kappa shape index (κ1) is 17.5. The van der Waals surface area contributed by atoms with E-state index in [9.17, 15) is 9.90 Å². The molecule has 1 aromatic carbocycles. The molecule has 0 aliphatic rings. The van der Waals surface area contributed by atoms with E-state index < -0.39 is 5.60 Å². The number of hydrogen-bond acceptors (Lipinski definition) is 2. The molecule has 21 heavy (non-hydrogen) atoms. The average molecular weight is 286 g/mol. The largest absolute Gasteiger partial charge is 0.377 e. The van der Waals surface area contributed by atoms with Gasteiger partial charge in [-0.2, -0.15) is 0 Å². The normalized spacial score (nSPS) is 13.1. The van der Waals surface area contributed by atoms with E-state index in [1.807, 2.05) is 30.3 Å². The zero-order valence-electron chi connectivity index (χ0n) is 13.2. The molecular weight excluding hydrogens is 260 g/mol. The van der Waals surface area contributed by atoms with Crippen LogP contribution in [0.4, 0.5) is 0 Å². The van der Waals surface area contributed by atoms with Crippen LogP contribution in [0.15, 0.2) is 30.3 Å². The van der Waals surface area contributed by atoms with Gasteiger partial charge >= 0.3 is 0 Å². The molecule has 0 fully saturated rings. The first-order valence-electron chi connectivity index (χ1n) is 7.86. The van der Waals surface area contributed by atoms with E-state index >= 15 is 0 Å². The standard InChI is InChI=1S/C19H26O2/c1-3-5-7-12-16-19(21,17-13-10-8-11-14-17)18(20)15-9-6-4-2/h8,10-11,13-14,21H,3,5,7,9,12,15-16H2,1-2H3. The number of hydrogen-bond donors (Lipinski definition) is 1. The number of carbonyl (C=O) groups excluding carboxylic acids is 1. The Balaban J connectivity index is 2.82. The molecule has 0 aliphatic carbocycles. The number of rotatable bonds is 9. The van der Waals surface area contributed by atoms with Gasteiger partial charge in [0, 0.05) is 12.8 Å². The van der Waals surface area contributed by atoms with Crippen LogP contribution in [0.2, 0.25) is 0 Å². The fraction of sp³-hybridized carbons (Fsp3) is 0.526. The Morgan fingerprint density at radius 2 is 1.90 bits per heavy atom. The Morgan fingerprint density at radius 3 is 2.52 bits per heavy atom. The fourth-order valence-electron chi connectivity index (χ4n) is 2.47. The molecule has 0 aromatic heterocycles. The number of aliphatic hydroxyl groups is 1. The van der Waals surface area contributed by atoms with Crippen molar-refractivity contribution in [1.82, 2.24) is 0 Å². The van der Waals surface area contributed by atoms with Gasteiger partial charge in [0.05, 0.1) is 0 Å². The van der Waals surface area contributed by atoms with Crippen molar-refractivity contribution in [2.75, 3.05) is 0 Å². The molecule has 0 heterocycles. The molecule has 1 atom stereocenters. The molecule has 0 aliphatic heterocycles. The van der Waals surface area contributed by atoms with Crippen LogP contribution in [0, 0.1) is 11.8 Å². The summed E-state index contributed by atoms with van der Waals surface area (Å²) < 4.78 is 0. The quantitative estimate of drug-likeness (QED) is 0.545. The van der Waals surface area contributed by atoms with Gasteiger partial charge in [0.25, 0.3) is 0 Å². The Labute approximate surface area is 128 Å². The summed E-state index contributed by atoms with van der Waals surface area (Å²) in [6.45, 7) is 3.91. The molecular formula is C19H26O2. The average Bonchev–Trinajstić information content (AvgIpc) is 2.52. The van der Waals surface area contributed by atoms with E-state index in [0.717, 1.165) is 25.7 Å². The maximum atomic E-state index is 12.5. The molecule has 0 amide bonds. The molecule has 0 saturated heterocycles. The number of benzene rings is 1. The van der Waals surface area contributed by atoms with E-state index in [4.69, 9.17) is 0 Å². The monoisotopic (exact) mass is 286 g/mol. The molecule has 0 saturated carbocycles. The summed E-state index contributed by atoms with van der Waals surface area (Å²) in [5.74, 6) is 5.57. The third-order valence-corrected chi connectivity index (χ3v) is 3.76. The molecule has 2 heteroatoms. The molecule has 2 nitrogen and oxygen atoms in total. The number of Topliss-reactive ketones (excluding diaryl/α,β-unsaturated/α-hetero) is 1.